The molecule has 0 radical (unpaired) electrons. The van der Waals surface area contributed by atoms with Crippen molar-refractivity contribution in [3.8, 4) is 39.1 Å². The van der Waals surface area contributed by atoms with Crippen molar-refractivity contribution < 1.29 is 0 Å². The second kappa shape index (κ2) is 45.8. The van der Waals surface area contributed by atoms with Crippen LogP contribution in [0.1, 0.15) is 332 Å². The SMILES string of the molecule is CCCCCCCCCCCCC(CCCCCCCCCC)CCCCn1c(=O)c(-c2ccc(C)[se]2)cc2c1cc(-c1ccc(-c3ccc(-c4ccc(C)s4)s3)[se]1)c(=O)n2CCCCC(CCCCCCCCCC)CCCCCCCCCCCC. The van der Waals surface area contributed by atoms with Crippen molar-refractivity contribution in [2.24, 2.45) is 11.8 Å². The number of fused-ring (bicyclic) bond motifs is 1. The molecule has 4 nitrogen and oxygen atoms in total. The van der Waals surface area contributed by atoms with Gasteiger partial charge in [-0.1, -0.05) is 207 Å². The molecule has 0 amide bonds. The first-order chi connectivity index (χ1) is 43.2. The average molecular weight is 1370 g/mol. The Bertz CT molecular complexity index is 2860. The fourth-order valence-electron chi connectivity index (χ4n) is 13.9. The third-order valence-corrected chi connectivity index (χ3v) is 26.6. The summed E-state index contributed by atoms with van der Waals surface area (Å²) in [6, 6.07) is 22.4. The molecule has 0 fully saturated rings. The van der Waals surface area contributed by atoms with E-state index in [1.165, 1.54) is 298 Å². The zero-order chi connectivity index (χ0) is 62.2. The minimum atomic E-state index is -0.0285. The van der Waals surface area contributed by atoms with E-state index < -0.39 is 0 Å². The number of thiophene rings is 2. The summed E-state index contributed by atoms with van der Waals surface area (Å²) < 4.78 is 9.32. The molecule has 6 heterocycles. The van der Waals surface area contributed by atoms with Gasteiger partial charge in [-0.25, -0.2) is 0 Å². The number of nitrogens with zero attached hydrogens (tertiary/aromatic N) is 2. The summed E-state index contributed by atoms with van der Waals surface area (Å²) in [7, 11) is 0. The molecule has 0 spiro atoms. The van der Waals surface area contributed by atoms with Gasteiger partial charge in [-0.15, -0.1) is 0 Å². The third-order valence-electron chi connectivity index (χ3n) is 19.4. The quantitative estimate of drug-likeness (QED) is 0.0282. The minimum absolute atomic E-state index is 0.0285. The van der Waals surface area contributed by atoms with Gasteiger partial charge in [0, 0.05) is 0 Å². The summed E-state index contributed by atoms with van der Waals surface area (Å²) in [5.41, 5.74) is 3.82. The monoisotopic (exact) mass is 1370 g/mol. The Hall–Kier alpha value is -2.44. The molecular formula is C80H126N2O2S2Se2. The van der Waals surface area contributed by atoms with Gasteiger partial charge in [0.15, 0.2) is 0 Å². The van der Waals surface area contributed by atoms with Gasteiger partial charge in [0.05, 0.1) is 0 Å². The van der Waals surface area contributed by atoms with Crippen LogP contribution in [-0.2, 0) is 13.1 Å². The predicted molar refractivity (Wildman–Crippen MR) is 395 cm³/mol. The maximum atomic E-state index is 15.5. The second-order valence-corrected chi connectivity index (χ2v) is 34.5. The van der Waals surface area contributed by atoms with Gasteiger partial charge >= 0.3 is 356 Å². The Morgan fingerprint density at radius 3 is 0.989 bits per heavy atom. The van der Waals surface area contributed by atoms with Crippen molar-refractivity contribution in [3.05, 3.63) is 90.7 Å². The molecular weight excluding hydrogens is 1240 g/mol. The van der Waals surface area contributed by atoms with Crippen LogP contribution in [0.2, 0.25) is 0 Å². The van der Waals surface area contributed by atoms with Crippen molar-refractivity contribution in [2.45, 2.75) is 350 Å². The number of hydrogen-bond donors (Lipinski definition) is 0. The zero-order valence-electron chi connectivity index (χ0n) is 57.2. The van der Waals surface area contributed by atoms with E-state index in [2.05, 4.69) is 111 Å². The third kappa shape index (κ3) is 27.6. The average Bonchev–Trinajstić information content (AvgIpc) is 1.06. The van der Waals surface area contributed by atoms with Crippen LogP contribution in [-0.4, -0.2) is 38.1 Å². The molecule has 0 aliphatic rings. The Kier molecular flexibility index (Phi) is 38.8. The van der Waals surface area contributed by atoms with Crippen LogP contribution < -0.4 is 11.1 Å². The van der Waals surface area contributed by atoms with E-state index in [0.29, 0.717) is 13.1 Å². The van der Waals surface area contributed by atoms with Crippen LogP contribution in [0.5, 0.6) is 0 Å². The van der Waals surface area contributed by atoms with Crippen LogP contribution in [0, 0.1) is 25.7 Å². The Labute approximate surface area is 559 Å². The fraction of sp³-hybridized carbons (Fsp3) is 0.700. The normalized spacial score (nSPS) is 12.6. The van der Waals surface area contributed by atoms with Crippen molar-refractivity contribution >= 4 is 62.7 Å². The van der Waals surface area contributed by atoms with E-state index in [4.69, 9.17) is 0 Å². The molecule has 0 bridgehead atoms. The van der Waals surface area contributed by atoms with Crippen molar-refractivity contribution in [2.75, 3.05) is 0 Å². The first kappa shape index (κ1) is 74.6. The molecule has 8 heteroatoms. The van der Waals surface area contributed by atoms with Gasteiger partial charge in [-0.2, -0.15) is 0 Å². The Balaban J connectivity index is 1.23. The van der Waals surface area contributed by atoms with Crippen LogP contribution in [0.4, 0.5) is 0 Å². The zero-order valence-corrected chi connectivity index (χ0v) is 62.3. The van der Waals surface area contributed by atoms with Crippen molar-refractivity contribution in [1.82, 2.24) is 9.13 Å². The summed E-state index contributed by atoms with van der Waals surface area (Å²) in [4.78, 5) is 36.2. The van der Waals surface area contributed by atoms with E-state index in [1.54, 1.807) is 0 Å². The molecule has 0 saturated carbocycles. The van der Waals surface area contributed by atoms with Gasteiger partial charge in [-0.3, -0.25) is 0 Å². The van der Waals surface area contributed by atoms with E-state index in [0.717, 1.165) is 68.6 Å². The van der Waals surface area contributed by atoms with E-state index in [-0.39, 0.29) is 40.1 Å². The predicted octanol–water partition coefficient (Wildman–Crippen LogP) is 25.9. The van der Waals surface area contributed by atoms with Crippen LogP contribution >= 0.6 is 22.7 Å². The standard InChI is InChI=1S/C80H126N2O2S2Se2/c1-7-11-15-19-23-27-29-33-37-41-49-67(47-39-35-31-25-21-17-13-9-3)51-43-45-61-81-72-64-70(77-59-60-78(88-77)75-57-56-74(86-75)73-55-53-65(5)85-73)80(84)82(71(72)63-69(79(81)83)76-58-54-66(6)87-76)62-46-44-52-68(48-40-36-32-26-22-18-14-10-4)50-42-38-34-30-28-24-20-16-12-8-2/h53-60,63-64,67-68H,7-52,61-62H2,1-6H3. The number of pyridine rings is 2. The summed E-state index contributed by atoms with van der Waals surface area (Å²) in [5, 5.41) is 0. The Morgan fingerprint density at radius 2 is 0.636 bits per heavy atom. The fourth-order valence-corrected chi connectivity index (χ4v) is 20.1. The molecule has 0 saturated heterocycles. The summed E-state index contributed by atoms with van der Waals surface area (Å²) in [6.45, 7) is 15.1. The van der Waals surface area contributed by atoms with Crippen molar-refractivity contribution in [1.29, 1.82) is 0 Å². The molecule has 0 aliphatic carbocycles. The molecule has 6 aromatic heterocycles. The number of hydrogen-bond acceptors (Lipinski definition) is 4. The molecule has 88 heavy (non-hydrogen) atoms. The first-order valence-corrected chi connectivity index (χ1v) is 42.5. The summed E-state index contributed by atoms with van der Waals surface area (Å²) in [5.74, 6) is 1.54. The van der Waals surface area contributed by atoms with Gasteiger partial charge < -0.3 is 0 Å². The smallest absolute Gasteiger partial charge is 0.0654 e. The molecule has 6 aromatic rings. The molecule has 0 aliphatic heterocycles. The maximum absolute atomic E-state index is 15.5. The van der Waals surface area contributed by atoms with Crippen LogP contribution in [0.15, 0.2) is 70.3 Å². The minimum Gasteiger partial charge on any atom is -0.0654 e. The second-order valence-electron chi connectivity index (χ2n) is 27.1. The Morgan fingerprint density at radius 1 is 0.330 bits per heavy atom. The van der Waals surface area contributed by atoms with E-state index in [9.17, 15) is 0 Å². The van der Waals surface area contributed by atoms with Gasteiger partial charge in [-0.05, 0) is 0 Å². The summed E-state index contributed by atoms with van der Waals surface area (Å²) >= 11 is 3.82. The molecule has 2 atom stereocenters. The molecule has 492 valence electrons. The molecule has 6 rings (SSSR count). The number of aryl methyl sites for hydroxylation is 4. The molecule has 0 aromatic carbocycles. The summed E-state index contributed by atoms with van der Waals surface area (Å²) in [6.07, 6.45) is 62.1. The number of rotatable bonds is 54. The van der Waals surface area contributed by atoms with Gasteiger partial charge in [0.1, 0.15) is 0 Å². The number of unbranched alkanes of at least 4 members (excludes halogenated alkanes) is 34. The van der Waals surface area contributed by atoms with Gasteiger partial charge in [0.2, 0.25) is 0 Å². The molecule has 0 N–H and O–H groups in total. The van der Waals surface area contributed by atoms with Crippen LogP contribution in [0.3, 0.4) is 0 Å². The van der Waals surface area contributed by atoms with Crippen molar-refractivity contribution in [3.63, 3.8) is 0 Å². The van der Waals surface area contributed by atoms with E-state index in [1.807, 2.05) is 22.7 Å². The first-order valence-electron chi connectivity index (χ1n) is 37.4. The number of aromatic nitrogens is 2. The van der Waals surface area contributed by atoms with E-state index >= 15 is 9.59 Å². The topological polar surface area (TPSA) is 44.0 Å². The molecule has 2 unspecified atom stereocenters. The van der Waals surface area contributed by atoms with Gasteiger partial charge in [0.25, 0.3) is 0 Å². The van der Waals surface area contributed by atoms with Crippen LogP contribution in [0.25, 0.3) is 50.1 Å².